The summed E-state index contributed by atoms with van der Waals surface area (Å²) in [5.41, 5.74) is 4.28. The van der Waals surface area contributed by atoms with Crippen LogP contribution in [0.15, 0.2) is 83.3 Å². The third-order valence-corrected chi connectivity index (χ3v) is 8.35. The van der Waals surface area contributed by atoms with Crippen molar-refractivity contribution in [3.05, 3.63) is 106 Å². The number of hydrogen-bond donors (Lipinski definition) is 1. The lowest BCUT2D eigenvalue weighted by atomic mass is 9.64. The van der Waals surface area contributed by atoms with Crippen molar-refractivity contribution in [2.45, 2.75) is 58.7 Å². The largest absolute Gasteiger partial charge is 0.851 e. The fraction of sp³-hybridized carbons (Fsp3) is 0.344. The van der Waals surface area contributed by atoms with Crippen LogP contribution in [0.2, 0.25) is 0 Å². The monoisotopic (exact) mass is 509 g/mol. The lowest BCUT2D eigenvalue weighted by molar-refractivity contribution is -0.543. The van der Waals surface area contributed by atoms with Gasteiger partial charge in [0.1, 0.15) is 0 Å². The van der Waals surface area contributed by atoms with Crippen molar-refractivity contribution in [3.63, 3.8) is 0 Å². The van der Waals surface area contributed by atoms with Crippen molar-refractivity contribution in [3.8, 4) is 5.69 Å². The van der Waals surface area contributed by atoms with Gasteiger partial charge in [0.05, 0.1) is 5.69 Å². The number of nitrogens with one attached hydrogen (secondary N) is 1. The molecule has 2 aliphatic rings. The van der Waals surface area contributed by atoms with Crippen LogP contribution >= 0.6 is 0 Å². The summed E-state index contributed by atoms with van der Waals surface area (Å²) in [4.78, 5) is 15.5. The maximum atomic E-state index is 13.6. The molecule has 4 aromatic rings. The van der Waals surface area contributed by atoms with Crippen LogP contribution < -0.4 is 20.7 Å². The van der Waals surface area contributed by atoms with E-state index in [1.165, 1.54) is 21.0 Å². The molecule has 0 saturated heterocycles. The van der Waals surface area contributed by atoms with Gasteiger partial charge in [-0.3, -0.25) is 9.89 Å². The number of hydrogen-bond acceptors (Lipinski definition) is 4. The van der Waals surface area contributed by atoms with Crippen LogP contribution in [0.1, 0.15) is 50.9 Å². The van der Waals surface area contributed by atoms with Crippen molar-refractivity contribution in [1.82, 2.24) is 9.78 Å². The Balaban J connectivity index is 0.00000294. The highest BCUT2D eigenvalue weighted by Gasteiger charge is 2.44. The first-order valence-electron chi connectivity index (χ1n) is 13.0. The molecule has 1 N–H and O–H groups in total. The van der Waals surface area contributed by atoms with Gasteiger partial charge in [0.15, 0.2) is 0 Å². The zero-order chi connectivity index (χ0) is 26.1. The summed E-state index contributed by atoms with van der Waals surface area (Å²) in [6.45, 7) is 8.94. The number of likely N-dealkylation sites (N-methyl/N-ethyl adjacent to an activating group) is 1. The minimum Gasteiger partial charge on any atom is -0.851 e. The van der Waals surface area contributed by atoms with Crippen LogP contribution in [0, 0.1) is 12.8 Å². The molecule has 1 saturated carbocycles. The maximum Gasteiger partial charge on any atom is 0.274 e. The summed E-state index contributed by atoms with van der Waals surface area (Å²) in [6, 6.07) is 21.8. The Morgan fingerprint density at radius 2 is 1.63 bits per heavy atom. The summed E-state index contributed by atoms with van der Waals surface area (Å²) in [5.74, 6) is -1.55. The summed E-state index contributed by atoms with van der Waals surface area (Å²) < 4.78 is 1.43. The molecule has 0 radical (unpaired) electrons. The molecule has 2 heterocycles. The molecule has 6 heteroatoms. The molecule has 2 unspecified atom stereocenters. The molecular formula is C32H35N3O3-2. The van der Waals surface area contributed by atoms with E-state index in [4.69, 9.17) is 0 Å². The van der Waals surface area contributed by atoms with Gasteiger partial charge in [-0.1, -0.05) is 75.9 Å². The number of nitrogens with zero attached hydrogens (tertiary/aromatic N) is 2. The smallest absolute Gasteiger partial charge is 0.274 e. The lowest BCUT2D eigenvalue weighted by Gasteiger charge is -2.60. The number of aromatic nitrogens is 2. The third-order valence-electron chi connectivity index (χ3n) is 8.35. The van der Waals surface area contributed by atoms with E-state index in [-0.39, 0.29) is 18.4 Å². The van der Waals surface area contributed by atoms with Crippen molar-refractivity contribution in [1.29, 1.82) is 0 Å². The van der Waals surface area contributed by atoms with Crippen molar-refractivity contribution in [2.75, 3.05) is 11.4 Å². The van der Waals surface area contributed by atoms with E-state index in [1.807, 2.05) is 42.5 Å². The van der Waals surface area contributed by atoms with E-state index in [1.54, 1.807) is 6.92 Å². The molecule has 1 aromatic heterocycles. The Hall–Kier alpha value is -3.61. The second kappa shape index (κ2) is 9.29. The molecule has 3 aromatic carbocycles. The van der Waals surface area contributed by atoms with Crippen molar-refractivity contribution >= 4 is 16.5 Å². The molecule has 198 valence electrons. The third kappa shape index (κ3) is 3.58. The lowest BCUT2D eigenvalue weighted by Crippen LogP contribution is -2.65. The van der Waals surface area contributed by atoms with Gasteiger partial charge in [0.25, 0.3) is 5.56 Å². The Labute approximate surface area is 223 Å². The SMILES string of the molecule is C.CCN1C(=CC2C([O-])C(c3c(C)[nH]n(-c4ccccc4)c3=O)C2[O-])C(C)(C)c2c1ccc1ccccc21. The fourth-order valence-corrected chi connectivity index (χ4v) is 6.49. The molecule has 0 bridgehead atoms. The number of aromatic amines is 1. The second-order valence-corrected chi connectivity index (χ2v) is 10.8. The number of allylic oxidation sites excluding steroid dienone is 1. The summed E-state index contributed by atoms with van der Waals surface area (Å²) in [7, 11) is 0. The molecular weight excluding hydrogens is 474 g/mol. The van der Waals surface area contributed by atoms with Crippen LogP contribution in [0.5, 0.6) is 0 Å². The number of aryl methyl sites for hydroxylation is 1. The average molecular weight is 510 g/mol. The predicted octanol–water partition coefficient (Wildman–Crippen LogP) is 4.14. The van der Waals surface area contributed by atoms with E-state index in [0.29, 0.717) is 16.9 Å². The first-order chi connectivity index (χ1) is 17.8. The van der Waals surface area contributed by atoms with E-state index in [2.05, 4.69) is 61.1 Å². The Morgan fingerprint density at radius 1 is 0.974 bits per heavy atom. The van der Waals surface area contributed by atoms with Gasteiger partial charge < -0.3 is 15.1 Å². The van der Waals surface area contributed by atoms with Gasteiger partial charge in [0.2, 0.25) is 0 Å². The van der Waals surface area contributed by atoms with Gasteiger partial charge in [-0.05, 0) is 60.2 Å². The molecule has 1 aliphatic heterocycles. The number of rotatable bonds is 4. The van der Waals surface area contributed by atoms with Crippen molar-refractivity contribution in [2.24, 2.45) is 5.92 Å². The molecule has 0 spiro atoms. The molecule has 2 atom stereocenters. The van der Waals surface area contributed by atoms with Gasteiger partial charge in [-0.15, -0.1) is 12.2 Å². The highest BCUT2D eigenvalue weighted by molar-refractivity contribution is 5.94. The first kappa shape index (κ1) is 26.0. The molecule has 1 aliphatic carbocycles. The Morgan fingerprint density at radius 3 is 2.32 bits per heavy atom. The number of fused-ring (bicyclic) bond motifs is 3. The topological polar surface area (TPSA) is 87.2 Å². The van der Waals surface area contributed by atoms with Crippen LogP contribution in [0.25, 0.3) is 16.5 Å². The Bertz CT molecular complexity index is 1570. The molecule has 38 heavy (non-hydrogen) atoms. The molecule has 0 amide bonds. The Kier molecular flexibility index (Phi) is 6.36. The van der Waals surface area contributed by atoms with Crippen LogP contribution in [0.3, 0.4) is 0 Å². The zero-order valence-corrected chi connectivity index (χ0v) is 21.6. The van der Waals surface area contributed by atoms with Gasteiger partial charge >= 0.3 is 0 Å². The standard InChI is InChI=1S/C31H31N3O3.CH4/c1-5-33-23-16-15-19-11-9-10-14-21(19)27(23)31(3,4)24(33)17-22-28(35)26(29(22)36)25-18(2)32-34(30(25)37)20-12-7-6-8-13-20;/h6-17,22,26,28-29,32H,5H2,1-4H3;1H4/q-2;. The second-order valence-electron chi connectivity index (χ2n) is 10.8. The van der Waals surface area contributed by atoms with E-state index in [0.717, 1.165) is 17.9 Å². The van der Waals surface area contributed by atoms with Gasteiger partial charge in [0, 0.05) is 34.6 Å². The van der Waals surface area contributed by atoms with Crippen LogP contribution in [0.4, 0.5) is 5.69 Å². The summed E-state index contributed by atoms with van der Waals surface area (Å²) >= 11 is 0. The van der Waals surface area contributed by atoms with Crippen LogP contribution in [-0.2, 0) is 5.41 Å². The van der Waals surface area contributed by atoms with Gasteiger partial charge in [-0.25, -0.2) is 4.68 Å². The normalized spacial score (nSPS) is 24.8. The number of H-pyrrole nitrogens is 1. The molecule has 6 rings (SSSR count). The molecule has 6 nitrogen and oxygen atoms in total. The maximum absolute atomic E-state index is 13.6. The summed E-state index contributed by atoms with van der Waals surface area (Å²) in [5, 5.41) is 32.6. The fourth-order valence-electron chi connectivity index (χ4n) is 6.49. The minimum absolute atomic E-state index is 0. The highest BCUT2D eigenvalue weighted by Crippen LogP contribution is 2.52. The van der Waals surface area contributed by atoms with E-state index < -0.39 is 24.0 Å². The van der Waals surface area contributed by atoms with Crippen LogP contribution in [-0.4, -0.2) is 28.5 Å². The minimum atomic E-state index is -1.17. The predicted molar refractivity (Wildman–Crippen MR) is 150 cm³/mol. The van der Waals surface area contributed by atoms with Crippen molar-refractivity contribution < 1.29 is 10.2 Å². The van der Waals surface area contributed by atoms with Gasteiger partial charge in [-0.2, -0.15) is 0 Å². The first-order valence-corrected chi connectivity index (χ1v) is 13.0. The molecule has 1 fully saturated rings. The number of anilines is 1. The summed E-state index contributed by atoms with van der Waals surface area (Å²) in [6.07, 6.45) is -0.422. The average Bonchev–Trinajstić information content (AvgIpc) is 3.32. The number of benzene rings is 3. The van der Waals surface area contributed by atoms with E-state index >= 15 is 0 Å². The number of para-hydroxylation sites is 1. The quantitative estimate of drug-likeness (QED) is 0.448. The zero-order valence-electron chi connectivity index (χ0n) is 21.6. The van der Waals surface area contributed by atoms with E-state index in [9.17, 15) is 15.0 Å². The highest BCUT2D eigenvalue weighted by atomic mass is 16.3.